The van der Waals surface area contributed by atoms with Crippen molar-refractivity contribution in [1.82, 2.24) is 4.90 Å². The van der Waals surface area contributed by atoms with E-state index in [4.69, 9.17) is 21.1 Å². The molecule has 2 N–H and O–H groups in total. The molecular formula is C27H31ClF3NO5. The summed E-state index contributed by atoms with van der Waals surface area (Å²) in [5.41, 5.74) is 1.73. The van der Waals surface area contributed by atoms with Gasteiger partial charge in [-0.1, -0.05) is 23.7 Å². The number of carbonyl (C=O) groups is 1. The molecule has 10 heteroatoms. The Balaban J connectivity index is 1.45. The monoisotopic (exact) mass is 541 g/mol. The molecular weight excluding hydrogens is 511 g/mol. The molecule has 1 spiro atoms. The van der Waals surface area contributed by atoms with Gasteiger partial charge in [-0.15, -0.1) is 0 Å². The number of rotatable bonds is 7. The summed E-state index contributed by atoms with van der Waals surface area (Å²) >= 11 is 6.16. The smallest absolute Gasteiger partial charge is 0.422 e. The minimum absolute atomic E-state index is 0.166. The maximum atomic E-state index is 12.7. The highest BCUT2D eigenvalue weighted by Gasteiger charge is 2.41. The SMILES string of the molecule is CC(c1cc(Cl)ccc1OCC(F)(F)F)N1CCC2(CCc3ccc([C@H](O)[C@H](C)C(=O)O)cc3O2)CC1. The summed E-state index contributed by atoms with van der Waals surface area (Å²) in [5, 5.41) is 20.1. The first-order chi connectivity index (χ1) is 17.4. The average Bonchev–Trinajstić information content (AvgIpc) is 2.86. The molecule has 4 rings (SSSR count). The molecule has 2 aliphatic heterocycles. The van der Waals surface area contributed by atoms with Crippen molar-refractivity contribution in [2.75, 3.05) is 19.7 Å². The number of hydrogen-bond acceptors (Lipinski definition) is 5. The van der Waals surface area contributed by atoms with Crippen LogP contribution in [0.1, 0.15) is 61.9 Å². The van der Waals surface area contributed by atoms with E-state index in [-0.39, 0.29) is 11.8 Å². The Bertz CT molecular complexity index is 1130. The Kier molecular flexibility index (Phi) is 7.97. The fourth-order valence-electron chi connectivity index (χ4n) is 5.13. The Morgan fingerprint density at radius 1 is 1.16 bits per heavy atom. The maximum absolute atomic E-state index is 12.7. The average molecular weight is 542 g/mol. The molecule has 2 aromatic rings. The Morgan fingerprint density at radius 2 is 1.86 bits per heavy atom. The molecule has 1 fully saturated rings. The van der Waals surface area contributed by atoms with Crippen LogP contribution in [0.15, 0.2) is 36.4 Å². The van der Waals surface area contributed by atoms with Gasteiger partial charge in [-0.2, -0.15) is 13.2 Å². The number of aliphatic hydroxyl groups excluding tert-OH is 1. The minimum Gasteiger partial charge on any atom is -0.487 e. The number of halogens is 4. The van der Waals surface area contributed by atoms with E-state index >= 15 is 0 Å². The van der Waals surface area contributed by atoms with E-state index in [0.717, 1.165) is 18.4 Å². The zero-order chi connectivity index (χ0) is 27.0. The first kappa shape index (κ1) is 27.5. The summed E-state index contributed by atoms with van der Waals surface area (Å²) in [6.07, 6.45) is -2.51. The number of likely N-dealkylation sites (tertiary alicyclic amines) is 1. The van der Waals surface area contributed by atoms with E-state index in [9.17, 15) is 28.2 Å². The Hall–Kier alpha value is -2.49. The van der Waals surface area contributed by atoms with Crippen molar-refractivity contribution in [2.24, 2.45) is 5.92 Å². The molecule has 0 saturated carbocycles. The number of carboxylic acids is 1. The number of piperidine rings is 1. The number of alkyl halides is 3. The fourth-order valence-corrected chi connectivity index (χ4v) is 5.31. The van der Waals surface area contributed by atoms with Gasteiger partial charge in [0.05, 0.1) is 12.0 Å². The lowest BCUT2D eigenvalue weighted by atomic mass is 9.82. The highest BCUT2D eigenvalue weighted by molar-refractivity contribution is 6.30. The summed E-state index contributed by atoms with van der Waals surface area (Å²) < 4.78 is 49.8. The standard InChI is InChI=1S/C27H31ClF3NO5/c1-16(25(34)35)24(33)19-4-3-18-7-8-26(37-23(18)13-19)9-11-32(12-10-26)17(2)21-14-20(28)5-6-22(21)36-15-27(29,30)31/h3-6,13-14,16-17,24,33H,7-12,15H2,1-2H3,(H,34,35)/t16-,17?,24+/m0/s1. The number of aliphatic hydroxyl groups is 1. The topological polar surface area (TPSA) is 79.2 Å². The van der Waals surface area contributed by atoms with Crippen LogP contribution in [0.4, 0.5) is 13.2 Å². The van der Waals surface area contributed by atoms with Crippen molar-refractivity contribution in [1.29, 1.82) is 0 Å². The van der Waals surface area contributed by atoms with Crippen LogP contribution in [-0.2, 0) is 11.2 Å². The molecule has 202 valence electrons. The summed E-state index contributed by atoms with van der Waals surface area (Å²) in [7, 11) is 0. The summed E-state index contributed by atoms with van der Waals surface area (Å²) in [6, 6.07) is 9.81. The molecule has 0 amide bonds. The number of hydrogen-bond donors (Lipinski definition) is 2. The van der Waals surface area contributed by atoms with Gasteiger partial charge in [0.1, 0.15) is 17.1 Å². The molecule has 0 aliphatic carbocycles. The second-order valence-corrected chi connectivity index (χ2v) is 10.5. The Morgan fingerprint density at radius 3 is 2.51 bits per heavy atom. The van der Waals surface area contributed by atoms with Gasteiger partial charge >= 0.3 is 12.1 Å². The normalized spacial score (nSPS) is 20.0. The highest BCUT2D eigenvalue weighted by atomic mass is 35.5. The van der Waals surface area contributed by atoms with Gasteiger partial charge in [-0.25, -0.2) is 0 Å². The van der Waals surface area contributed by atoms with Gasteiger partial charge in [-0.05, 0) is 74.9 Å². The van der Waals surface area contributed by atoms with E-state index in [1.807, 2.05) is 13.0 Å². The van der Waals surface area contributed by atoms with Crippen LogP contribution < -0.4 is 9.47 Å². The van der Waals surface area contributed by atoms with Crippen LogP contribution >= 0.6 is 11.6 Å². The largest absolute Gasteiger partial charge is 0.487 e. The predicted octanol–water partition coefficient (Wildman–Crippen LogP) is 5.96. The molecule has 0 radical (unpaired) electrons. The van der Waals surface area contributed by atoms with E-state index in [1.165, 1.54) is 19.1 Å². The lowest BCUT2D eigenvalue weighted by Gasteiger charge is -2.46. The van der Waals surface area contributed by atoms with Crippen LogP contribution in [0.3, 0.4) is 0 Å². The number of aliphatic carboxylic acids is 1. The van der Waals surface area contributed by atoms with Crippen molar-refractivity contribution in [3.63, 3.8) is 0 Å². The van der Waals surface area contributed by atoms with Gasteiger partial charge in [0, 0.05) is 29.7 Å². The zero-order valence-corrected chi connectivity index (χ0v) is 21.5. The molecule has 37 heavy (non-hydrogen) atoms. The number of fused-ring (bicyclic) bond motifs is 1. The van der Waals surface area contributed by atoms with Gasteiger partial charge in [0.2, 0.25) is 0 Å². The Labute approximate surface area is 218 Å². The number of benzene rings is 2. The molecule has 1 saturated heterocycles. The second kappa shape index (κ2) is 10.7. The first-order valence-corrected chi connectivity index (χ1v) is 12.7. The van der Waals surface area contributed by atoms with Gasteiger partial charge in [0.15, 0.2) is 6.61 Å². The van der Waals surface area contributed by atoms with Crippen LogP contribution in [0.5, 0.6) is 11.5 Å². The molecule has 1 unspecified atom stereocenters. The van der Waals surface area contributed by atoms with Crippen LogP contribution in [-0.4, -0.2) is 52.6 Å². The molecule has 2 aliphatic rings. The maximum Gasteiger partial charge on any atom is 0.422 e. The third kappa shape index (κ3) is 6.33. The lowest BCUT2D eigenvalue weighted by Crippen LogP contribution is -2.50. The summed E-state index contributed by atoms with van der Waals surface area (Å²) in [4.78, 5) is 13.5. The zero-order valence-electron chi connectivity index (χ0n) is 20.7. The molecule has 3 atom stereocenters. The molecule has 0 aromatic heterocycles. The quantitative estimate of drug-likeness (QED) is 0.450. The van der Waals surface area contributed by atoms with E-state index in [0.29, 0.717) is 47.8 Å². The number of ether oxygens (including phenoxy) is 2. The van der Waals surface area contributed by atoms with E-state index in [1.54, 1.807) is 18.2 Å². The lowest BCUT2D eigenvalue weighted by molar-refractivity contribution is -0.153. The molecule has 0 bridgehead atoms. The number of nitrogens with zero attached hydrogens (tertiary/aromatic N) is 1. The van der Waals surface area contributed by atoms with Crippen LogP contribution in [0.2, 0.25) is 5.02 Å². The van der Waals surface area contributed by atoms with Gasteiger partial charge in [0.25, 0.3) is 0 Å². The van der Waals surface area contributed by atoms with E-state index < -0.39 is 36.4 Å². The van der Waals surface area contributed by atoms with E-state index in [2.05, 4.69) is 4.90 Å². The number of carboxylic acid groups (broad SMARTS) is 1. The molecule has 6 nitrogen and oxygen atoms in total. The second-order valence-electron chi connectivity index (χ2n) is 10.0. The predicted molar refractivity (Wildman–Crippen MR) is 132 cm³/mol. The van der Waals surface area contributed by atoms with Crippen molar-refractivity contribution in [3.8, 4) is 11.5 Å². The van der Waals surface area contributed by atoms with Gasteiger partial charge < -0.3 is 19.7 Å². The van der Waals surface area contributed by atoms with Crippen molar-refractivity contribution >= 4 is 17.6 Å². The van der Waals surface area contributed by atoms with Gasteiger partial charge in [-0.3, -0.25) is 9.69 Å². The van der Waals surface area contributed by atoms with Crippen LogP contribution in [0.25, 0.3) is 0 Å². The van der Waals surface area contributed by atoms with Crippen molar-refractivity contribution < 1.29 is 37.7 Å². The highest BCUT2D eigenvalue weighted by Crippen LogP contribution is 2.43. The summed E-state index contributed by atoms with van der Waals surface area (Å²) in [6.45, 7) is 3.36. The first-order valence-electron chi connectivity index (χ1n) is 12.3. The summed E-state index contributed by atoms with van der Waals surface area (Å²) in [5.74, 6) is -1.19. The van der Waals surface area contributed by atoms with Crippen molar-refractivity contribution in [3.05, 3.63) is 58.1 Å². The number of aryl methyl sites for hydroxylation is 1. The van der Waals surface area contributed by atoms with Crippen LogP contribution in [0, 0.1) is 5.92 Å². The van der Waals surface area contributed by atoms with Crippen molar-refractivity contribution in [2.45, 2.75) is 63.5 Å². The minimum atomic E-state index is -4.44. The fraction of sp³-hybridized carbons (Fsp3) is 0.519. The third-order valence-corrected chi connectivity index (χ3v) is 7.78. The molecule has 2 heterocycles. The molecule has 2 aromatic carbocycles. The third-order valence-electron chi connectivity index (χ3n) is 7.54.